The molecule has 180 valence electrons. The van der Waals surface area contributed by atoms with Crippen LogP contribution in [0, 0.1) is 5.82 Å². The van der Waals surface area contributed by atoms with Gasteiger partial charge in [0.25, 0.3) is 0 Å². The highest BCUT2D eigenvalue weighted by Gasteiger charge is 2.27. The monoisotopic (exact) mass is 486 g/mol. The average molecular weight is 486 g/mol. The van der Waals surface area contributed by atoms with Gasteiger partial charge >= 0.3 is 5.97 Å². The molecule has 0 fully saturated rings. The van der Waals surface area contributed by atoms with Crippen LogP contribution in [0.4, 0.5) is 4.39 Å². The standard InChI is InChI=1S/C25H28FN2O5P/c1-16(2)23-21(12-13-34(32,33)15-20(29)14-22(30)31)24(17-8-10-19(26)11-9-17)28-25(27-23)18-6-4-3-5-7-18/h3-11,16,20,29H,12-15H2,1-2H3,(H,30,31)(H,32,33). The molecule has 0 aliphatic rings. The number of carboxylic acids is 1. The minimum atomic E-state index is -3.84. The first kappa shape index (κ1) is 25.7. The van der Waals surface area contributed by atoms with Crippen LogP contribution in [0.25, 0.3) is 22.6 Å². The molecule has 0 aliphatic heterocycles. The van der Waals surface area contributed by atoms with Gasteiger partial charge in [0.2, 0.25) is 7.37 Å². The summed E-state index contributed by atoms with van der Waals surface area (Å²) in [6.45, 7) is 3.92. The molecule has 0 saturated carbocycles. The van der Waals surface area contributed by atoms with E-state index < -0.39 is 32.0 Å². The molecule has 1 aromatic heterocycles. The van der Waals surface area contributed by atoms with Crippen LogP contribution in [0.1, 0.15) is 37.4 Å². The molecule has 0 bridgehead atoms. The van der Waals surface area contributed by atoms with Gasteiger partial charge in [-0.3, -0.25) is 9.36 Å². The van der Waals surface area contributed by atoms with Gasteiger partial charge in [0.15, 0.2) is 5.82 Å². The first-order valence-electron chi connectivity index (χ1n) is 11.0. The van der Waals surface area contributed by atoms with Crippen LogP contribution >= 0.6 is 7.37 Å². The van der Waals surface area contributed by atoms with Gasteiger partial charge in [-0.25, -0.2) is 14.4 Å². The summed E-state index contributed by atoms with van der Waals surface area (Å²) in [5.74, 6) is -1.16. The zero-order valence-corrected chi connectivity index (χ0v) is 20.0. The van der Waals surface area contributed by atoms with Gasteiger partial charge < -0.3 is 15.1 Å². The molecule has 0 amide bonds. The van der Waals surface area contributed by atoms with Gasteiger partial charge in [0.1, 0.15) is 5.82 Å². The topological polar surface area (TPSA) is 121 Å². The Morgan fingerprint density at radius 1 is 1.03 bits per heavy atom. The SMILES string of the molecule is CC(C)c1nc(-c2ccccc2)nc(-c2ccc(F)cc2)c1CCP(=O)(O)CC(O)CC(=O)O. The second-order valence-electron chi connectivity index (χ2n) is 8.54. The number of aliphatic hydroxyl groups is 1. The van der Waals surface area contributed by atoms with E-state index in [1.165, 1.54) is 12.1 Å². The maximum atomic E-state index is 13.6. The van der Waals surface area contributed by atoms with E-state index >= 15 is 0 Å². The Morgan fingerprint density at radius 3 is 2.26 bits per heavy atom. The molecule has 2 aromatic carbocycles. The Labute approximate surface area is 197 Å². The molecule has 0 saturated heterocycles. The summed E-state index contributed by atoms with van der Waals surface area (Å²) in [7, 11) is -3.84. The van der Waals surface area contributed by atoms with Crippen LogP contribution in [0.3, 0.4) is 0 Å². The van der Waals surface area contributed by atoms with Gasteiger partial charge in [-0.1, -0.05) is 44.2 Å². The van der Waals surface area contributed by atoms with E-state index in [4.69, 9.17) is 15.1 Å². The molecule has 0 radical (unpaired) electrons. The molecule has 3 rings (SSSR count). The highest BCUT2D eigenvalue weighted by atomic mass is 31.2. The van der Waals surface area contributed by atoms with Gasteiger partial charge in [-0.15, -0.1) is 0 Å². The number of aliphatic carboxylic acids is 1. The second-order valence-corrected chi connectivity index (χ2v) is 11.0. The Morgan fingerprint density at radius 2 is 1.68 bits per heavy atom. The highest BCUT2D eigenvalue weighted by molar-refractivity contribution is 7.58. The zero-order valence-electron chi connectivity index (χ0n) is 19.1. The van der Waals surface area contributed by atoms with Gasteiger partial charge in [0, 0.05) is 22.9 Å². The van der Waals surface area contributed by atoms with Crippen molar-refractivity contribution in [3.05, 3.63) is 71.7 Å². The number of carbonyl (C=O) groups is 1. The third kappa shape index (κ3) is 6.79. The molecular formula is C25H28FN2O5P. The minimum absolute atomic E-state index is 0.0321. The van der Waals surface area contributed by atoms with E-state index in [0.29, 0.717) is 28.3 Å². The molecule has 34 heavy (non-hydrogen) atoms. The van der Waals surface area contributed by atoms with E-state index in [-0.39, 0.29) is 24.3 Å². The third-order valence-corrected chi connectivity index (χ3v) is 7.27. The highest BCUT2D eigenvalue weighted by Crippen LogP contribution is 2.43. The molecule has 0 aliphatic carbocycles. The van der Waals surface area contributed by atoms with Crippen molar-refractivity contribution in [3.8, 4) is 22.6 Å². The maximum Gasteiger partial charge on any atom is 0.305 e. The van der Waals surface area contributed by atoms with E-state index in [2.05, 4.69) is 0 Å². The maximum absolute atomic E-state index is 13.6. The molecule has 9 heteroatoms. The van der Waals surface area contributed by atoms with Crippen molar-refractivity contribution in [1.29, 1.82) is 0 Å². The van der Waals surface area contributed by atoms with Crippen LogP contribution in [0.15, 0.2) is 54.6 Å². The number of halogens is 1. The van der Waals surface area contributed by atoms with Gasteiger partial charge in [-0.05, 0) is 36.6 Å². The molecule has 3 N–H and O–H groups in total. The fourth-order valence-corrected chi connectivity index (χ4v) is 5.30. The molecule has 1 heterocycles. The van der Waals surface area contributed by atoms with E-state index in [0.717, 1.165) is 5.56 Å². The second kappa shape index (κ2) is 11.0. The number of nitrogens with zero attached hydrogens (tertiary/aromatic N) is 2. The number of hydrogen-bond acceptors (Lipinski definition) is 5. The van der Waals surface area contributed by atoms with Crippen molar-refractivity contribution in [2.45, 2.75) is 38.7 Å². The summed E-state index contributed by atoms with van der Waals surface area (Å²) in [4.78, 5) is 30.7. The first-order chi connectivity index (χ1) is 16.1. The lowest BCUT2D eigenvalue weighted by molar-refractivity contribution is -0.138. The van der Waals surface area contributed by atoms with Crippen LogP contribution in [0.2, 0.25) is 0 Å². The van der Waals surface area contributed by atoms with Crippen molar-refractivity contribution < 1.29 is 28.9 Å². The largest absolute Gasteiger partial charge is 0.481 e. The smallest absolute Gasteiger partial charge is 0.305 e. The lowest BCUT2D eigenvalue weighted by atomic mass is 9.96. The van der Waals surface area contributed by atoms with Crippen molar-refractivity contribution >= 4 is 13.3 Å². The zero-order chi connectivity index (χ0) is 24.9. The fourth-order valence-electron chi connectivity index (χ4n) is 3.76. The fraction of sp³-hybridized carbons (Fsp3) is 0.320. The van der Waals surface area contributed by atoms with Gasteiger partial charge in [-0.2, -0.15) is 0 Å². The number of aromatic nitrogens is 2. The lowest BCUT2D eigenvalue weighted by Crippen LogP contribution is -2.19. The predicted octanol–water partition coefficient (Wildman–Crippen LogP) is 4.72. The number of benzene rings is 2. The van der Waals surface area contributed by atoms with Gasteiger partial charge in [0.05, 0.1) is 30.1 Å². The van der Waals surface area contributed by atoms with Crippen LogP contribution in [-0.2, 0) is 15.8 Å². The lowest BCUT2D eigenvalue weighted by Gasteiger charge is -2.20. The quantitative estimate of drug-likeness (QED) is 0.355. The Bertz CT molecular complexity index is 1190. The van der Waals surface area contributed by atoms with Crippen molar-refractivity contribution in [1.82, 2.24) is 9.97 Å². The summed E-state index contributed by atoms with van der Waals surface area (Å²) in [5.41, 5.74) is 3.38. The van der Waals surface area contributed by atoms with Crippen LogP contribution < -0.4 is 0 Å². The molecule has 0 spiro atoms. The normalized spacial score (nSPS) is 14.1. The molecule has 3 aromatic rings. The number of aliphatic hydroxyl groups excluding tert-OH is 1. The number of rotatable bonds is 10. The number of carboxylic acid groups (broad SMARTS) is 1. The summed E-state index contributed by atoms with van der Waals surface area (Å²) >= 11 is 0. The Hall–Kier alpha value is -2.93. The Kier molecular flexibility index (Phi) is 8.31. The number of hydrogen-bond donors (Lipinski definition) is 3. The Balaban J connectivity index is 2.04. The van der Waals surface area contributed by atoms with Crippen molar-refractivity contribution in [2.24, 2.45) is 0 Å². The summed E-state index contributed by atoms with van der Waals surface area (Å²) in [6, 6.07) is 15.3. The minimum Gasteiger partial charge on any atom is -0.481 e. The third-order valence-electron chi connectivity index (χ3n) is 5.35. The molecular weight excluding hydrogens is 458 g/mol. The summed E-state index contributed by atoms with van der Waals surface area (Å²) < 4.78 is 26.4. The predicted molar refractivity (Wildman–Crippen MR) is 128 cm³/mol. The summed E-state index contributed by atoms with van der Waals surface area (Å²) in [5, 5.41) is 18.7. The first-order valence-corrected chi connectivity index (χ1v) is 13.0. The van der Waals surface area contributed by atoms with E-state index in [9.17, 15) is 23.7 Å². The average Bonchev–Trinajstić information content (AvgIpc) is 2.77. The van der Waals surface area contributed by atoms with Crippen LogP contribution in [-0.4, -0.2) is 49.5 Å². The summed E-state index contributed by atoms with van der Waals surface area (Å²) in [6.07, 6.45) is -2.55. The van der Waals surface area contributed by atoms with Crippen LogP contribution in [0.5, 0.6) is 0 Å². The van der Waals surface area contributed by atoms with Crippen molar-refractivity contribution in [2.75, 3.05) is 12.3 Å². The van der Waals surface area contributed by atoms with E-state index in [1.54, 1.807) is 12.1 Å². The van der Waals surface area contributed by atoms with Crippen molar-refractivity contribution in [3.63, 3.8) is 0 Å². The molecule has 2 unspecified atom stereocenters. The molecule has 7 nitrogen and oxygen atoms in total. The van der Waals surface area contributed by atoms with E-state index in [1.807, 2.05) is 44.2 Å². The molecule has 2 atom stereocenters.